The highest BCUT2D eigenvalue weighted by Gasteiger charge is 2.51. The number of sulfone groups is 1. The molecule has 0 unspecified atom stereocenters. The van der Waals surface area contributed by atoms with Gasteiger partial charge in [-0.2, -0.15) is 0 Å². The van der Waals surface area contributed by atoms with Crippen LogP contribution in [0.25, 0.3) is 0 Å². The molecular weight excluding hydrogens is 332 g/mol. The Morgan fingerprint density at radius 1 is 1.12 bits per heavy atom. The fourth-order valence-electron chi connectivity index (χ4n) is 5.27. The molecule has 2 aliphatic rings. The minimum Gasteiger partial charge on any atom is -0.396 e. The lowest BCUT2D eigenvalue weighted by atomic mass is 9.53. The first-order valence-electron chi connectivity index (χ1n) is 9.32. The second-order valence-electron chi connectivity index (χ2n) is 8.68. The number of hydrogen-bond donors (Lipinski definition) is 1. The summed E-state index contributed by atoms with van der Waals surface area (Å²) < 4.78 is 26.7. The molecule has 1 saturated carbocycles. The van der Waals surface area contributed by atoms with Crippen molar-refractivity contribution >= 4 is 9.84 Å². The van der Waals surface area contributed by atoms with Crippen LogP contribution in [-0.2, 0) is 9.84 Å². The number of aliphatic hydroxyl groups excluding tert-OH is 1. The Kier molecular flexibility index (Phi) is 4.89. The molecule has 1 aromatic rings. The lowest BCUT2D eigenvalue weighted by Gasteiger charge is -2.53. The first kappa shape index (κ1) is 18.7. The van der Waals surface area contributed by atoms with Crippen LogP contribution in [0.4, 0.5) is 0 Å². The van der Waals surface area contributed by atoms with Crippen LogP contribution in [0.3, 0.4) is 0 Å². The quantitative estimate of drug-likeness (QED) is 0.809. The third kappa shape index (κ3) is 3.31. The van der Waals surface area contributed by atoms with E-state index in [1.54, 1.807) is 24.3 Å². The third-order valence-electron chi connectivity index (χ3n) is 6.50. The summed E-state index contributed by atoms with van der Waals surface area (Å²) in [6, 6.07) is 8.77. The molecule has 0 aromatic heterocycles. The number of rotatable bonds is 4. The molecule has 1 N–H and O–H groups in total. The van der Waals surface area contributed by atoms with Gasteiger partial charge in [-0.3, -0.25) is 0 Å². The molecule has 2 aliphatic carbocycles. The van der Waals surface area contributed by atoms with Crippen molar-refractivity contribution in [2.45, 2.75) is 63.0 Å². The van der Waals surface area contributed by atoms with E-state index in [-0.39, 0.29) is 17.4 Å². The van der Waals surface area contributed by atoms with E-state index in [1.807, 2.05) is 6.07 Å². The maximum atomic E-state index is 13.3. The highest BCUT2D eigenvalue weighted by molar-refractivity contribution is 7.92. The minimum absolute atomic E-state index is 0.00319. The molecule has 3 rings (SSSR count). The van der Waals surface area contributed by atoms with E-state index in [9.17, 15) is 13.5 Å². The van der Waals surface area contributed by atoms with Crippen molar-refractivity contribution in [2.24, 2.45) is 16.7 Å². The second kappa shape index (κ2) is 6.55. The van der Waals surface area contributed by atoms with Crippen molar-refractivity contribution in [2.75, 3.05) is 6.61 Å². The first-order valence-corrected chi connectivity index (χ1v) is 10.9. The largest absolute Gasteiger partial charge is 0.396 e. The van der Waals surface area contributed by atoms with Crippen molar-refractivity contribution < 1.29 is 13.5 Å². The lowest BCUT2D eigenvalue weighted by Crippen LogP contribution is -2.47. The predicted molar refractivity (Wildman–Crippen MR) is 101 cm³/mol. The minimum atomic E-state index is -3.44. The van der Waals surface area contributed by atoms with Crippen molar-refractivity contribution in [1.82, 2.24) is 0 Å². The fraction of sp³-hybridized carbons (Fsp3) is 0.619. The second-order valence-corrected chi connectivity index (χ2v) is 10.8. The van der Waals surface area contributed by atoms with Crippen molar-refractivity contribution in [3.63, 3.8) is 0 Å². The van der Waals surface area contributed by atoms with Gasteiger partial charge >= 0.3 is 0 Å². The van der Waals surface area contributed by atoms with E-state index in [4.69, 9.17) is 0 Å². The Labute approximate surface area is 152 Å². The zero-order chi connectivity index (χ0) is 18.3. The summed E-state index contributed by atoms with van der Waals surface area (Å²) in [4.78, 5) is 0.390. The van der Waals surface area contributed by atoms with Crippen LogP contribution in [0.5, 0.6) is 0 Å². The number of benzene rings is 1. The van der Waals surface area contributed by atoms with E-state index >= 15 is 0 Å². The normalized spacial score (nSPS) is 31.9. The molecule has 1 fully saturated rings. The first-order chi connectivity index (χ1) is 11.7. The van der Waals surface area contributed by atoms with Crippen LogP contribution < -0.4 is 0 Å². The maximum Gasteiger partial charge on any atom is 0.185 e. The highest BCUT2D eigenvalue weighted by atomic mass is 32.2. The lowest BCUT2D eigenvalue weighted by molar-refractivity contribution is 0.0216. The Bertz CT molecular complexity index is 749. The summed E-state index contributed by atoms with van der Waals surface area (Å²) in [6.45, 7) is 6.84. The van der Waals surface area contributed by atoms with Gasteiger partial charge in [0.25, 0.3) is 0 Å². The van der Waals surface area contributed by atoms with E-state index in [2.05, 4.69) is 26.8 Å². The molecule has 0 amide bonds. The van der Waals surface area contributed by atoms with Crippen LogP contribution in [0.2, 0.25) is 0 Å². The van der Waals surface area contributed by atoms with E-state index in [0.29, 0.717) is 23.7 Å². The van der Waals surface area contributed by atoms with Crippen molar-refractivity contribution in [3.05, 3.63) is 42.0 Å². The van der Waals surface area contributed by atoms with Gasteiger partial charge < -0.3 is 5.11 Å². The van der Waals surface area contributed by atoms with Gasteiger partial charge in [0.2, 0.25) is 0 Å². The van der Waals surface area contributed by atoms with E-state index in [0.717, 1.165) is 18.4 Å². The summed E-state index contributed by atoms with van der Waals surface area (Å²) in [6.07, 6.45) is 6.75. The van der Waals surface area contributed by atoms with E-state index < -0.39 is 15.1 Å². The molecule has 3 nitrogen and oxygen atoms in total. The van der Waals surface area contributed by atoms with Gasteiger partial charge in [-0.25, -0.2) is 8.42 Å². The zero-order valence-corrected chi connectivity index (χ0v) is 16.3. The Balaban J connectivity index is 2.08. The Morgan fingerprint density at radius 3 is 2.44 bits per heavy atom. The van der Waals surface area contributed by atoms with Gasteiger partial charge in [0, 0.05) is 6.61 Å². The molecule has 25 heavy (non-hydrogen) atoms. The Hall–Kier alpha value is -1.13. The summed E-state index contributed by atoms with van der Waals surface area (Å²) >= 11 is 0. The molecule has 1 aromatic carbocycles. The molecule has 0 saturated heterocycles. The number of hydrogen-bond acceptors (Lipinski definition) is 3. The SMILES string of the molecule is CC1(C)CCC[C@]2(C)C=C(CCO)[C@H](S(=O)(=O)c3ccccc3)C[C@@H]12. The smallest absolute Gasteiger partial charge is 0.185 e. The molecule has 0 bridgehead atoms. The van der Waals surface area contributed by atoms with Crippen LogP contribution in [0.15, 0.2) is 46.9 Å². The molecule has 0 heterocycles. The molecule has 0 aliphatic heterocycles. The van der Waals surface area contributed by atoms with Gasteiger partial charge in [0.15, 0.2) is 9.84 Å². The van der Waals surface area contributed by atoms with Crippen LogP contribution in [0, 0.1) is 16.7 Å². The molecule has 0 radical (unpaired) electrons. The van der Waals surface area contributed by atoms with Gasteiger partial charge in [0.1, 0.15) is 0 Å². The van der Waals surface area contributed by atoms with Gasteiger partial charge in [-0.15, -0.1) is 0 Å². The van der Waals surface area contributed by atoms with Crippen LogP contribution in [-0.4, -0.2) is 25.4 Å². The number of allylic oxidation sites excluding steroid dienone is 1. The molecular formula is C21H30O3S. The monoisotopic (exact) mass is 362 g/mol. The van der Waals surface area contributed by atoms with Crippen LogP contribution >= 0.6 is 0 Å². The highest BCUT2D eigenvalue weighted by Crippen LogP contribution is 2.57. The number of fused-ring (bicyclic) bond motifs is 1. The number of aliphatic hydroxyl groups is 1. The summed E-state index contributed by atoms with van der Waals surface area (Å²) in [5.74, 6) is 0.347. The van der Waals surface area contributed by atoms with Crippen LogP contribution in [0.1, 0.15) is 52.9 Å². The topological polar surface area (TPSA) is 54.4 Å². The fourth-order valence-corrected chi connectivity index (χ4v) is 7.17. The summed E-state index contributed by atoms with van der Waals surface area (Å²) in [5, 5.41) is 9.00. The zero-order valence-electron chi connectivity index (χ0n) is 15.5. The average Bonchev–Trinajstić information content (AvgIpc) is 2.54. The maximum absolute atomic E-state index is 13.3. The van der Waals surface area contributed by atoms with E-state index in [1.165, 1.54) is 6.42 Å². The third-order valence-corrected chi connectivity index (χ3v) is 8.67. The van der Waals surface area contributed by atoms with Gasteiger partial charge in [0.05, 0.1) is 10.1 Å². The molecule has 0 spiro atoms. The molecule has 3 atom stereocenters. The predicted octanol–water partition coefficient (Wildman–Crippen LogP) is 4.37. The van der Waals surface area contributed by atoms with Gasteiger partial charge in [-0.1, -0.05) is 57.0 Å². The standard InChI is InChI=1S/C21H30O3S/c1-20(2)11-7-12-21(3)15-16(10-13-22)18(14-19(20)21)25(23,24)17-8-5-4-6-9-17/h4-6,8-9,15,18-19,22H,7,10-14H2,1-3H3/t18-,19+,21-/m1/s1. The van der Waals surface area contributed by atoms with Crippen molar-refractivity contribution in [1.29, 1.82) is 0 Å². The van der Waals surface area contributed by atoms with Crippen molar-refractivity contribution in [3.8, 4) is 0 Å². The molecule has 138 valence electrons. The average molecular weight is 363 g/mol. The summed E-state index contributed by atoms with van der Waals surface area (Å²) in [5.41, 5.74) is 1.08. The summed E-state index contributed by atoms with van der Waals surface area (Å²) in [7, 11) is -3.44. The Morgan fingerprint density at radius 2 is 1.80 bits per heavy atom. The van der Waals surface area contributed by atoms with Gasteiger partial charge in [-0.05, 0) is 54.6 Å². The molecule has 4 heteroatoms.